The largest absolute Gasteiger partial charge is 0.397 e. The lowest BCUT2D eigenvalue weighted by molar-refractivity contribution is -0.117. The van der Waals surface area contributed by atoms with E-state index in [1.54, 1.807) is 25.3 Å². The molecule has 0 aliphatic heterocycles. The minimum atomic E-state index is -0.537. The van der Waals surface area contributed by atoms with Crippen molar-refractivity contribution in [3.8, 4) is 11.1 Å². The number of nitrogens with two attached hydrogens (primary N) is 2. The summed E-state index contributed by atoms with van der Waals surface area (Å²) in [6.07, 6.45) is 6.38. The molecule has 0 saturated heterocycles. The number of amides is 1. The van der Waals surface area contributed by atoms with Gasteiger partial charge in [-0.2, -0.15) is 0 Å². The minimum absolute atomic E-state index is 0.00638. The van der Waals surface area contributed by atoms with Gasteiger partial charge in [-0.3, -0.25) is 9.78 Å². The first-order chi connectivity index (χ1) is 12.5. The second-order valence-electron chi connectivity index (χ2n) is 6.61. The van der Waals surface area contributed by atoms with Crippen LogP contribution in [0.25, 0.3) is 21.9 Å². The van der Waals surface area contributed by atoms with E-state index >= 15 is 0 Å². The molecule has 1 aliphatic carbocycles. The maximum Gasteiger partial charge on any atom is 0.228 e. The highest BCUT2D eigenvalue weighted by Gasteiger charge is 2.29. The number of carbonyl (C=O) groups is 1. The normalized spacial score (nSPS) is 13.8. The van der Waals surface area contributed by atoms with Crippen molar-refractivity contribution >= 4 is 33.9 Å². The molecule has 6 nitrogen and oxygen atoms in total. The molecule has 5 N–H and O–H groups in total. The van der Waals surface area contributed by atoms with Crippen LogP contribution in [0.15, 0.2) is 30.7 Å². The number of nitrogen functional groups attached to an aromatic ring is 2. The smallest absolute Gasteiger partial charge is 0.228 e. The van der Waals surface area contributed by atoms with E-state index in [0.717, 1.165) is 18.4 Å². The fraction of sp³-hybridized carbons (Fsp3) is 0.211. The van der Waals surface area contributed by atoms with E-state index in [-0.39, 0.29) is 17.5 Å². The highest BCUT2D eigenvalue weighted by molar-refractivity contribution is 6.00. The van der Waals surface area contributed by atoms with Crippen LogP contribution in [0.1, 0.15) is 18.4 Å². The van der Waals surface area contributed by atoms with E-state index in [1.807, 2.05) is 0 Å². The molecule has 2 heterocycles. The van der Waals surface area contributed by atoms with Gasteiger partial charge >= 0.3 is 0 Å². The van der Waals surface area contributed by atoms with Crippen LogP contribution < -0.4 is 16.8 Å². The minimum Gasteiger partial charge on any atom is -0.397 e. The third-order valence-corrected chi connectivity index (χ3v) is 4.74. The summed E-state index contributed by atoms with van der Waals surface area (Å²) in [5.41, 5.74) is 14.0. The molecule has 0 spiro atoms. The Morgan fingerprint density at radius 3 is 2.69 bits per heavy atom. The summed E-state index contributed by atoms with van der Waals surface area (Å²) in [5.74, 6) is -0.0799. The Hall–Kier alpha value is -3.22. The van der Waals surface area contributed by atoms with Crippen molar-refractivity contribution in [2.45, 2.75) is 19.8 Å². The van der Waals surface area contributed by atoms with Gasteiger partial charge in [0, 0.05) is 34.8 Å². The Bertz CT molecular complexity index is 1050. The van der Waals surface area contributed by atoms with E-state index in [0.29, 0.717) is 33.4 Å². The first-order valence-electron chi connectivity index (χ1n) is 8.34. The van der Waals surface area contributed by atoms with Gasteiger partial charge < -0.3 is 16.8 Å². The Labute approximate surface area is 149 Å². The highest BCUT2D eigenvalue weighted by Crippen LogP contribution is 2.36. The molecule has 4 rings (SSSR count). The molecule has 0 atom stereocenters. The molecule has 1 saturated carbocycles. The van der Waals surface area contributed by atoms with Crippen molar-refractivity contribution < 1.29 is 9.18 Å². The van der Waals surface area contributed by atoms with Crippen molar-refractivity contribution in [3.05, 3.63) is 42.1 Å². The maximum atomic E-state index is 14.9. The predicted octanol–water partition coefficient (Wildman–Crippen LogP) is 3.26. The van der Waals surface area contributed by atoms with Gasteiger partial charge in [-0.25, -0.2) is 9.37 Å². The number of nitrogens with zero attached hydrogens (tertiary/aromatic N) is 2. The number of anilines is 3. The lowest BCUT2D eigenvalue weighted by Gasteiger charge is -2.13. The van der Waals surface area contributed by atoms with Gasteiger partial charge in [0.05, 0.1) is 17.6 Å². The summed E-state index contributed by atoms with van der Waals surface area (Å²) in [6, 6.07) is 3.38. The Kier molecular flexibility index (Phi) is 3.72. The summed E-state index contributed by atoms with van der Waals surface area (Å²) in [5, 5.41) is 3.97. The Morgan fingerprint density at radius 1 is 1.19 bits per heavy atom. The molecule has 2 aromatic heterocycles. The first-order valence-corrected chi connectivity index (χ1v) is 8.34. The molecule has 0 radical (unpaired) electrons. The zero-order valence-electron chi connectivity index (χ0n) is 14.2. The van der Waals surface area contributed by atoms with Crippen molar-refractivity contribution in [2.24, 2.45) is 5.92 Å². The molecule has 1 aliphatic rings. The van der Waals surface area contributed by atoms with Gasteiger partial charge in [0.2, 0.25) is 5.91 Å². The number of carbonyl (C=O) groups excluding carboxylic acids is 1. The fourth-order valence-corrected chi connectivity index (χ4v) is 2.95. The molecule has 26 heavy (non-hydrogen) atoms. The van der Waals surface area contributed by atoms with Crippen LogP contribution in [0.5, 0.6) is 0 Å². The van der Waals surface area contributed by atoms with Crippen molar-refractivity contribution in [3.63, 3.8) is 0 Å². The third kappa shape index (κ3) is 2.71. The molecule has 3 aromatic rings. The zero-order valence-corrected chi connectivity index (χ0v) is 14.2. The molecular formula is C19H18FN5O. The van der Waals surface area contributed by atoms with E-state index in [4.69, 9.17) is 11.5 Å². The number of hydrogen-bond donors (Lipinski definition) is 3. The summed E-state index contributed by atoms with van der Waals surface area (Å²) in [7, 11) is 0. The van der Waals surface area contributed by atoms with Crippen molar-refractivity contribution in [2.75, 3.05) is 16.8 Å². The van der Waals surface area contributed by atoms with Crippen LogP contribution in [0.3, 0.4) is 0 Å². The third-order valence-electron chi connectivity index (χ3n) is 4.74. The number of halogens is 1. The Balaban J connectivity index is 1.84. The van der Waals surface area contributed by atoms with Gasteiger partial charge in [0.25, 0.3) is 0 Å². The van der Waals surface area contributed by atoms with Gasteiger partial charge in [0.15, 0.2) is 5.82 Å². The molecule has 0 bridgehead atoms. The Morgan fingerprint density at radius 2 is 1.96 bits per heavy atom. The fourth-order valence-electron chi connectivity index (χ4n) is 2.95. The molecule has 0 unspecified atom stereocenters. The average molecular weight is 351 g/mol. The summed E-state index contributed by atoms with van der Waals surface area (Å²) >= 11 is 0. The van der Waals surface area contributed by atoms with Crippen LogP contribution in [-0.2, 0) is 4.79 Å². The maximum absolute atomic E-state index is 14.9. The number of hydrogen-bond acceptors (Lipinski definition) is 5. The van der Waals surface area contributed by atoms with Gasteiger partial charge in [-0.05, 0) is 42.8 Å². The monoisotopic (exact) mass is 351 g/mol. The van der Waals surface area contributed by atoms with Gasteiger partial charge in [0.1, 0.15) is 5.82 Å². The lowest BCUT2D eigenvalue weighted by Crippen LogP contribution is -2.14. The second kappa shape index (κ2) is 5.94. The number of pyridine rings is 2. The van der Waals surface area contributed by atoms with Crippen LogP contribution >= 0.6 is 0 Å². The summed E-state index contributed by atoms with van der Waals surface area (Å²) < 4.78 is 14.9. The molecule has 1 amide bonds. The van der Waals surface area contributed by atoms with Crippen LogP contribution in [0.2, 0.25) is 0 Å². The summed E-state index contributed by atoms with van der Waals surface area (Å²) in [6.45, 7) is 1.81. The topological polar surface area (TPSA) is 107 Å². The number of benzene rings is 1. The first kappa shape index (κ1) is 16.3. The van der Waals surface area contributed by atoms with E-state index < -0.39 is 5.82 Å². The molecule has 1 aromatic carbocycles. The van der Waals surface area contributed by atoms with E-state index in [9.17, 15) is 9.18 Å². The number of nitrogens with one attached hydrogen (secondary N) is 1. The number of fused-ring (bicyclic) bond motifs is 1. The zero-order chi connectivity index (χ0) is 18.4. The second-order valence-corrected chi connectivity index (χ2v) is 6.61. The number of rotatable bonds is 3. The van der Waals surface area contributed by atoms with Gasteiger partial charge in [-0.15, -0.1) is 0 Å². The quantitative estimate of drug-likeness (QED) is 0.628. The van der Waals surface area contributed by atoms with Crippen LogP contribution in [0, 0.1) is 18.7 Å². The van der Waals surface area contributed by atoms with Gasteiger partial charge in [-0.1, -0.05) is 0 Å². The van der Waals surface area contributed by atoms with Crippen molar-refractivity contribution in [1.82, 2.24) is 9.97 Å². The average Bonchev–Trinajstić information content (AvgIpc) is 3.46. The summed E-state index contributed by atoms with van der Waals surface area (Å²) in [4.78, 5) is 20.2. The van der Waals surface area contributed by atoms with Crippen LogP contribution in [0.4, 0.5) is 21.6 Å². The number of aromatic nitrogens is 2. The highest BCUT2D eigenvalue weighted by atomic mass is 19.1. The van der Waals surface area contributed by atoms with Crippen LogP contribution in [-0.4, -0.2) is 15.9 Å². The predicted molar refractivity (Wildman–Crippen MR) is 99.8 cm³/mol. The molecular weight excluding hydrogens is 333 g/mol. The molecule has 132 valence electrons. The molecule has 1 fully saturated rings. The SMILES string of the molecule is Cc1c(N)cncc1-c1cc2cc(NC(=O)C3CC3)ncc2c(N)c1F. The molecule has 7 heteroatoms. The van der Waals surface area contributed by atoms with Crippen molar-refractivity contribution in [1.29, 1.82) is 0 Å². The lowest BCUT2D eigenvalue weighted by atomic mass is 9.97. The standard InChI is InChI=1S/C19H18FN5O/c1-9-13(6-23-8-15(9)21)12-4-11-5-16(25-19(26)10-2-3-10)24-7-14(11)18(22)17(12)20/h4-8,10H,2-3,21-22H2,1H3,(H,24,25,26). The van der Waals surface area contributed by atoms with E-state index in [2.05, 4.69) is 15.3 Å². The van der Waals surface area contributed by atoms with E-state index in [1.165, 1.54) is 12.4 Å².